The minimum absolute atomic E-state index is 0.644. The quantitative estimate of drug-likeness (QED) is 0.388. The smallest absolute Gasteiger partial charge is 0.266 e. The molecule has 1 rings (SSSR count). The third kappa shape index (κ3) is 3.10. The molecular weight excluding hydrogens is 244 g/mol. The summed E-state index contributed by atoms with van der Waals surface area (Å²) in [5, 5.41) is 36.9. The van der Waals surface area contributed by atoms with E-state index in [9.17, 15) is 23.7 Å². The third-order valence-corrected chi connectivity index (χ3v) is 2.66. The van der Waals surface area contributed by atoms with Crippen LogP contribution in [0.3, 0.4) is 0 Å². The summed E-state index contributed by atoms with van der Waals surface area (Å²) in [4.78, 5) is 0. The molecule has 0 radical (unpaired) electrons. The van der Waals surface area contributed by atoms with Gasteiger partial charge in [-0.05, 0) is 0 Å². The summed E-state index contributed by atoms with van der Waals surface area (Å²) < 4.78 is 30.8. The van der Waals surface area contributed by atoms with Crippen molar-refractivity contribution in [1.29, 1.82) is 0 Å². The van der Waals surface area contributed by atoms with Crippen molar-refractivity contribution in [3.05, 3.63) is 0 Å². The molecule has 1 saturated heterocycles. The van der Waals surface area contributed by atoms with Crippen LogP contribution in [0, 0.1) is 0 Å². The maximum atomic E-state index is 10.8. The number of hydrogen-bond donors (Lipinski definition) is 4. The zero-order valence-electron chi connectivity index (χ0n) is 8.42. The number of rotatable bonds is 3. The molecule has 9 heteroatoms. The van der Waals surface area contributed by atoms with Gasteiger partial charge in [0, 0.05) is 0 Å². The standard InChI is InChI=1S/C7H14O8S/c1-16(12,13)15-7-6(11)5(10)4(9)3(2-8)14-7/h3-11H,2H2,1H3/t3-,4-,5+,6-,7+/m1/s1. The van der Waals surface area contributed by atoms with E-state index in [2.05, 4.69) is 4.18 Å². The van der Waals surface area contributed by atoms with Crippen LogP contribution in [-0.4, -0.2) is 72.4 Å². The molecule has 5 atom stereocenters. The van der Waals surface area contributed by atoms with Crippen LogP contribution in [0.2, 0.25) is 0 Å². The first-order chi connectivity index (χ1) is 7.26. The Balaban J connectivity index is 2.79. The number of ether oxygens (including phenoxy) is 1. The van der Waals surface area contributed by atoms with Crippen LogP contribution in [0.15, 0.2) is 0 Å². The van der Waals surface area contributed by atoms with Crippen molar-refractivity contribution in [1.82, 2.24) is 0 Å². The molecule has 0 aliphatic carbocycles. The van der Waals surface area contributed by atoms with E-state index in [-0.39, 0.29) is 0 Å². The molecule has 0 saturated carbocycles. The van der Waals surface area contributed by atoms with E-state index in [1.807, 2.05) is 0 Å². The molecule has 0 aromatic rings. The van der Waals surface area contributed by atoms with E-state index in [1.54, 1.807) is 0 Å². The first-order valence-corrected chi connectivity index (χ1v) is 6.26. The molecule has 0 bridgehead atoms. The average Bonchev–Trinajstić information content (AvgIpc) is 2.17. The SMILES string of the molecule is CS(=O)(=O)O[C@@H]1O[C@H](CO)[C@@H](O)[C@H](O)[C@H]1O. The molecule has 0 aromatic carbocycles. The molecular formula is C7H14O8S. The zero-order chi connectivity index (χ0) is 12.5. The molecule has 4 N–H and O–H groups in total. The van der Waals surface area contributed by atoms with Gasteiger partial charge in [0.2, 0.25) is 6.29 Å². The predicted octanol–water partition coefficient (Wildman–Crippen LogP) is -3.24. The van der Waals surface area contributed by atoms with Crippen LogP contribution in [0.4, 0.5) is 0 Å². The van der Waals surface area contributed by atoms with E-state index in [1.165, 1.54) is 0 Å². The Morgan fingerprint density at radius 2 is 1.75 bits per heavy atom. The van der Waals surface area contributed by atoms with Crippen molar-refractivity contribution in [3.63, 3.8) is 0 Å². The lowest BCUT2D eigenvalue weighted by Crippen LogP contribution is -2.59. The highest BCUT2D eigenvalue weighted by Crippen LogP contribution is 2.22. The molecule has 1 aliphatic heterocycles. The Hall–Kier alpha value is -0.290. The Bertz CT molecular complexity index is 325. The Labute approximate surface area is 92.2 Å². The second-order valence-corrected chi connectivity index (χ2v) is 5.10. The van der Waals surface area contributed by atoms with Crippen LogP contribution in [-0.2, 0) is 19.0 Å². The fourth-order valence-corrected chi connectivity index (χ4v) is 1.82. The summed E-state index contributed by atoms with van der Waals surface area (Å²) in [7, 11) is -3.89. The first-order valence-electron chi connectivity index (χ1n) is 4.45. The molecule has 96 valence electrons. The topological polar surface area (TPSA) is 134 Å². The predicted molar refractivity (Wildman–Crippen MR) is 49.7 cm³/mol. The summed E-state index contributed by atoms with van der Waals surface area (Å²) >= 11 is 0. The van der Waals surface area contributed by atoms with Crippen LogP contribution >= 0.6 is 0 Å². The number of aliphatic hydroxyl groups is 4. The van der Waals surface area contributed by atoms with E-state index in [0.29, 0.717) is 0 Å². The normalized spacial score (nSPS) is 40.9. The fraction of sp³-hybridized carbons (Fsp3) is 1.00. The van der Waals surface area contributed by atoms with Gasteiger partial charge in [0.1, 0.15) is 24.4 Å². The number of aliphatic hydroxyl groups excluding tert-OH is 4. The van der Waals surface area contributed by atoms with Gasteiger partial charge in [-0.3, -0.25) is 0 Å². The van der Waals surface area contributed by atoms with E-state index in [0.717, 1.165) is 6.26 Å². The van der Waals surface area contributed by atoms with Crippen LogP contribution < -0.4 is 0 Å². The van der Waals surface area contributed by atoms with Gasteiger partial charge in [0.05, 0.1) is 12.9 Å². The molecule has 8 nitrogen and oxygen atoms in total. The van der Waals surface area contributed by atoms with Gasteiger partial charge in [-0.25, -0.2) is 4.18 Å². The summed E-state index contributed by atoms with van der Waals surface area (Å²) in [5.74, 6) is 0. The van der Waals surface area contributed by atoms with Gasteiger partial charge in [0.25, 0.3) is 10.1 Å². The third-order valence-electron chi connectivity index (χ3n) is 2.12. The van der Waals surface area contributed by atoms with Gasteiger partial charge in [-0.15, -0.1) is 0 Å². The Morgan fingerprint density at radius 1 is 1.19 bits per heavy atom. The Kier molecular flexibility index (Phi) is 4.23. The van der Waals surface area contributed by atoms with Crippen molar-refractivity contribution >= 4 is 10.1 Å². The van der Waals surface area contributed by atoms with Crippen LogP contribution in [0.25, 0.3) is 0 Å². The monoisotopic (exact) mass is 258 g/mol. The summed E-state index contributed by atoms with van der Waals surface area (Å²) in [6, 6.07) is 0. The lowest BCUT2D eigenvalue weighted by Gasteiger charge is -2.38. The molecule has 0 aromatic heterocycles. The zero-order valence-corrected chi connectivity index (χ0v) is 9.24. The van der Waals surface area contributed by atoms with Crippen molar-refractivity contribution < 1.29 is 37.8 Å². The van der Waals surface area contributed by atoms with Crippen LogP contribution in [0.1, 0.15) is 0 Å². The molecule has 0 spiro atoms. The van der Waals surface area contributed by atoms with Gasteiger partial charge < -0.3 is 25.2 Å². The minimum atomic E-state index is -3.89. The lowest BCUT2D eigenvalue weighted by molar-refractivity contribution is -0.276. The second kappa shape index (κ2) is 4.92. The maximum absolute atomic E-state index is 10.8. The summed E-state index contributed by atoms with van der Waals surface area (Å²) in [5.41, 5.74) is 0. The molecule has 1 heterocycles. The molecule has 16 heavy (non-hydrogen) atoms. The van der Waals surface area contributed by atoms with Crippen molar-refractivity contribution in [2.24, 2.45) is 0 Å². The summed E-state index contributed by atoms with van der Waals surface area (Å²) in [6.07, 6.45) is -7.01. The molecule has 0 unspecified atom stereocenters. The first kappa shape index (κ1) is 13.8. The average molecular weight is 258 g/mol. The lowest BCUT2D eigenvalue weighted by atomic mass is 10.00. The van der Waals surface area contributed by atoms with E-state index in [4.69, 9.17) is 9.84 Å². The second-order valence-electron chi connectivity index (χ2n) is 3.50. The fourth-order valence-electron chi connectivity index (χ4n) is 1.32. The summed E-state index contributed by atoms with van der Waals surface area (Å²) in [6.45, 7) is -0.644. The highest BCUT2D eigenvalue weighted by atomic mass is 32.2. The highest BCUT2D eigenvalue weighted by Gasteiger charge is 2.45. The van der Waals surface area contributed by atoms with Gasteiger partial charge in [-0.2, -0.15) is 8.42 Å². The minimum Gasteiger partial charge on any atom is -0.394 e. The molecule has 1 aliphatic rings. The van der Waals surface area contributed by atoms with Crippen LogP contribution in [0.5, 0.6) is 0 Å². The van der Waals surface area contributed by atoms with Crippen molar-refractivity contribution in [2.75, 3.05) is 12.9 Å². The molecule has 1 fully saturated rings. The van der Waals surface area contributed by atoms with E-state index >= 15 is 0 Å². The largest absolute Gasteiger partial charge is 0.394 e. The van der Waals surface area contributed by atoms with Gasteiger partial charge in [0.15, 0.2) is 0 Å². The van der Waals surface area contributed by atoms with Gasteiger partial charge in [-0.1, -0.05) is 0 Å². The van der Waals surface area contributed by atoms with Crippen molar-refractivity contribution in [2.45, 2.75) is 30.7 Å². The number of hydrogen-bond acceptors (Lipinski definition) is 8. The highest BCUT2D eigenvalue weighted by molar-refractivity contribution is 7.86. The van der Waals surface area contributed by atoms with E-state index < -0.39 is 47.4 Å². The maximum Gasteiger partial charge on any atom is 0.266 e. The molecule has 0 amide bonds. The van der Waals surface area contributed by atoms with Crippen molar-refractivity contribution in [3.8, 4) is 0 Å². The Morgan fingerprint density at radius 3 is 2.19 bits per heavy atom. The van der Waals surface area contributed by atoms with Gasteiger partial charge >= 0.3 is 0 Å².